The lowest BCUT2D eigenvalue weighted by Gasteiger charge is -2.18. The second kappa shape index (κ2) is 4.92. The maximum absolute atomic E-state index is 12.4. The van der Waals surface area contributed by atoms with E-state index < -0.39 is 18.6 Å². The SMILES string of the molecule is COc1cc2c(cc1[C@H](N)CC(F)(F)F)OC(C)C2. The molecule has 1 aliphatic rings. The van der Waals surface area contributed by atoms with Crippen molar-refractivity contribution in [3.8, 4) is 11.5 Å². The Hall–Kier alpha value is -1.43. The zero-order valence-electron chi connectivity index (χ0n) is 10.8. The first kappa shape index (κ1) is 14.0. The number of benzene rings is 1. The van der Waals surface area contributed by atoms with Crippen molar-refractivity contribution in [3.05, 3.63) is 23.3 Å². The first-order valence-electron chi connectivity index (χ1n) is 6.00. The summed E-state index contributed by atoms with van der Waals surface area (Å²) >= 11 is 0. The molecule has 0 aromatic heterocycles. The van der Waals surface area contributed by atoms with Crippen LogP contribution in [0.2, 0.25) is 0 Å². The van der Waals surface area contributed by atoms with Crippen LogP contribution >= 0.6 is 0 Å². The van der Waals surface area contributed by atoms with E-state index in [-0.39, 0.29) is 6.10 Å². The van der Waals surface area contributed by atoms with Crippen molar-refractivity contribution in [2.24, 2.45) is 5.73 Å². The van der Waals surface area contributed by atoms with Gasteiger partial charge in [0.05, 0.1) is 13.5 Å². The molecule has 1 unspecified atom stereocenters. The molecule has 0 bridgehead atoms. The van der Waals surface area contributed by atoms with Crippen molar-refractivity contribution in [2.45, 2.75) is 38.1 Å². The van der Waals surface area contributed by atoms with Crippen LogP contribution in [0.3, 0.4) is 0 Å². The average molecular weight is 275 g/mol. The standard InChI is InChI=1S/C13H16F3NO2/c1-7-3-8-4-12(18-2)9(5-11(8)19-7)10(17)6-13(14,15)16/h4-5,7,10H,3,6,17H2,1-2H3/t7?,10-/m1/s1. The molecule has 3 nitrogen and oxygen atoms in total. The zero-order chi connectivity index (χ0) is 14.2. The van der Waals surface area contributed by atoms with Crippen LogP contribution in [0.1, 0.15) is 30.5 Å². The summed E-state index contributed by atoms with van der Waals surface area (Å²) in [5, 5.41) is 0. The van der Waals surface area contributed by atoms with Gasteiger partial charge in [-0.3, -0.25) is 0 Å². The van der Waals surface area contributed by atoms with Crippen LogP contribution in [0.25, 0.3) is 0 Å². The van der Waals surface area contributed by atoms with E-state index in [1.165, 1.54) is 7.11 Å². The highest BCUT2D eigenvalue weighted by Crippen LogP contribution is 2.39. The molecular weight excluding hydrogens is 259 g/mol. The fourth-order valence-electron chi connectivity index (χ4n) is 2.28. The van der Waals surface area contributed by atoms with E-state index in [0.29, 0.717) is 17.1 Å². The summed E-state index contributed by atoms with van der Waals surface area (Å²) in [5.74, 6) is 0.981. The molecule has 1 aromatic rings. The van der Waals surface area contributed by atoms with E-state index in [1.807, 2.05) is 6.92 Å². The Balaban J connectivity index is 2.32. The number of hydrogen-bond acceptors (Lipinski definition) is 3. The van der Waals surface area contributed by atoms with Crippen LogP contribution in [0.4, 0.5) is 13.2 Å². The molecular formula is C13H16F3NO2. The summed E-state index contributed by atoms with van der Waals surface area (Å²) in [4.78, 5) is 0. The van der Waals surface area contributed by atoms with Crippen molar-refractivity contribution < 1.29 is 22.6 Å². The predicted octanol–water partition coefficient (Wildman–Crippen LogP) is 2.97. The van der Waals surface area contributed by atoms with Crippen LogP contribution in [0.15, 0.2) is 12.1 Å². The molecule has 1 aromatic carbocycles. The monoisotopic (exact) mass is 275 g/mol. The van der Waals surface area contributed by atoms with Gasteiger partial charge < -0.3 is 15.2 Å². The summed E-state index contributed by atoms with van der Waals surface area (Å²) < 4.78 is 47.9. The number of ether oxygens (including phenoxy) is 2. The predicted molar refractivity (Wildman–Crippen MR) is 64.4 cm³/mol. The minimum absolute atomic E-state index is 0.0220. The van der Waals surface area contributed by atoms with Gasteiger partial charge in [0, 0.05) is 23.6 Å². The molecule has 2 atom stereocenters. The van der Waals surface area contributed by atoms with Gasteiger partial charge in [-0.15, -0.1) is 0 Å². The Morgan fingerprint density at radius 1 is 1.47 bits per heavy atom. The number of methoxy groups -OCH3 is 1. The summed E-state index contributed by atoms with van der Waals surface area (Å²) in [5.41, 5.74) is 6.89. The van der Waals surface area contributed by atoms with Crippen LogP contribution in [0, 0.1) is 0 Å². The van der Waals surface area contributed by atoms with E-state index in [2.05, 4.69) is 0 Å². The lowest BCUT2D eigenvalue weighted by atomic mass is 9.99. The van der Waals surface area contributed by atoms with Gasteiger partial charge in [0.15, 0.2) is 0 Å². The van der Waals surface area contributed by atoms with Gasteiger partial charge in [-0.1, -0.05) is 0 Å². The highest BCUT2D eigenvalue weighted by molar-refractivity contribution is 5.49. The van der Waals surface area contributed by atoms with E-state index in [0.717, 1.165) is 12.0 Å². The molecule has 1 heterocycles. The lowest BCUT2D eigenvalue weighted by molar-refractivity contribution is -0.138. The molecule has 2 rings (SSSR count). The molecule has 0 fully saturated rings. The number of alkyl halides is 3. The zero-order valence-corrected chi connectivity index (χ0v) is 10.8. The second-order valence-electron chi connectivity index (χ2n) is 4.76. The van der Waals surface area contributed by atoms with Gasteiger partial charge in [-0.05, 0) is 19.1 Å². The Bertz CT molecular complexity index is 474. The van der Waals surface area contributed by atoms with Crippen LogP contribution in [0.5, 0.6) is 11.5 Å². The Morgan fingerprint density at radius 3 is 2.74 bits per heavy atom. The topological polar surface area (TPSA) is 44.5 Å². The molecule has 0 saturated carbocycles. The quantitative estimate of drug-likeness (QED) is 0.922. The normalized spacial score (nSPS) is 19.8. The maximum Gasteiger partial charge on any atom is 0.390 e. The molecule has 106 valence electrons. The summed E-state index contributed by atoms with van der Waals surface area (Å²) in [6.07, 6.45) is -4.65. The van der Waals surface area contributed by atoms with E-state index >= 15 is 0 Å². The van der Waals surface area contributed by atoms with Gasteiger partial charge in [0.1, 0.15) is 17.6 Å². The smallest absolute Gasteiger partial charge is 0.390 e. The third-order valence-corrected chi connectivity index (χ3v) is 3.10. The minimum atomic E-state index is -4.31. The number of halogens is 3. The second-order valence-corrected chi connectivity index (χ2v) is 4.76. The molecule has 0 radical (unpaired) electrons. The highest BCUT2D eigenvalue weighted by Gasteiger charge is 2.33. The summed E-state index contributed by atoms with van der Waals surface area (Å²) in [6.45, 7) is 1.90. The highest BCUT2D eigenvalue weighted by atomic mass is 19.4. The van der Waals surface area contributed by atoms with Gasteiger partial charge in [-0.25, -0.2) is 0 Å². The molecule has 1 aliphatic heterocycles. The lowest BCUT2D eigenvalue weighted by Crippen LogP contribution is -2.20. The first-order chi connectivity index (χ1) is 8.80. The first-order valence-corrected chi connectivity index (χ1v) is 6.00. The molecule has 19 heavy (non-hydrogen) atoms. The van der Waals surface area contributed by atoms with Crippen molar-refractivity contribution in [1.29, 1.82) is 0 Å². The van der Waals surface area contributed by atoms with Crippen molar-refractivity contribution >= 4 is 0 Å². The average Bonchev–Trinajstić information content (AvgIpc) is 2.63. The Labute approximate surface area is 109 Å². The molecule has 0 amide bonds. The summed E-state index contributed by atoms with van der Waals surface area (Å²) in [7, 11) is 1.42. The van der Waals surface area contributed by atoms with Crippen molar-refractivity contribution in [1.82, 2.24) is 0 Å². The molecule has 2 N–H and O–H groups in total. The van der Waals surface area contributed by atoms with E-state index in [9.17, 15) is 13.2 Å². The largest absolute Gasteiger partial charge is 0.496 e. The Kier molecular flexibility index (Phi) is 3.62. The van der Waals surface area contributed by atoms with Crippen LogP contribution in [-0.4, -0.2) is 19.4 Å². The number of nitrogens with two attached hydrogens (primary N) is 1. The van der Waals surface area contributed by atoms with Crippen LogP contribution in [-0.2, 0) is 6.42 Å². The van der Waals surface area contributed by atoms with E-state index in [4.69, 9.17) is 15.2 Å². The van der Waals surface area contributed by atoms with Gasteiger partial charge >= 0.3 is 6.18 Å². The molecule has 0 aliphatic carbocycles. The van der Waals surface area contributed by atoms with Gasteiger partial charge in [0.25, 0.3) is 0 Å². The summed E-state index contributed by atoms with van der Waals surface area (Å²) in [6, 6.07) is 2.12. The maximum atomic E-state index is 12.4. The van der Waals surface area contributed by atoms with Crippen molar-refractivity contribution in [3.63, 3.8) is 0 Å². The van der Waals surface area contributed by atoms with Crippen LogP contribution < -0.4 is 15.2 Å². The number of rotatable bonds is 3. The third kappa shape index (κ3) is 3.12. The Morgan fingerprint density at radius 2 is 2.16 bits per heavy atom. The fraction of sp³-hybridized carbons (Fsp3) is 0.538. The minimum Gasteiger partial charge on any atom is -0.496 e. The van der Waals surface area contributed by atoms with E-state index in [1.54, 1.807) is 12.1 Å². The number of fused-ring (bicyclic) bond motifs is 1. The van der Waals surface area contributed by atoms with Gasteiger partial charge in [0.2, 0.25) is 0 Å². The van der Waals surface area contributed by atoms with Crippen molar-refractivity contribution in [2.75, 3.05) is 7.11 Å². The number of hydrogen-bond donors (Lipinski definition) is 1. The van der Waals surface area contributed by atoms with Gasteiger partial charge in [-0.2, -0.15) is 13.2 Å². The molecule has 0 spiro atoms. The fourth-order valence-corrected chi connectivity index (χ4v) is 2.28. The molecule has 0 saturated heterocycles. The third-order valence-electron chi connectivity index (χ3n) is 3.10. The molecule has 6 heteroatoms.